The maximum Gasteiger partial charge on any atom is 0.254 e. The summed E-state index contributed by atoms with van der Waals surface area (Å²) in [7, 11) is 0. The Kier molecular flexibility index (Phi) is 9.61. The SMILES string of the molecule is C[C@H]1NC(=O)c2cc(ccc2F)CCCNC(=O)CN(C(=O)CC(C)(C)C)C[C@H](c2ccccc2)NC1=O. The van der Waals surface area contributed by atoms with E-state index in [1.54, 1.807) is 6.07 Å². The zero-order valence-corrected chi connectivity index (χ0v) is 22.5. The first kappa shape index (κ1) is 28.8. The molecule has 2 atom stereocenters. The Morgan fingerprint density at radius 3 is 2.45 bits per heavy atom. The van der Waals surface area contributed by atoms with Crippen molar-refractivity contribution in [3.05, 3.63) is 71.0 Å². The Hall–Kier alpha value is -3.75. The van der Waals surface area contributed by atoms with E-state index < -0.39 is 29.7 Å². The van der Waals surface area contributed by atoms with E-state index in [2.05, 4.69) is 16.0 Å². The second kappa shape index (κ2) is 12.7. The largest absolute Gasteiger partial charge is 0.355 e. The van der Waals surface area contributed by atoms with E-state index in [4.69, 9.17) is 0 Å². The number of fused-ring (bicyclic) bond motifs is 2. The molecule has 38 heavy (non-hydrogen) atoms. The maximum atomic E-state index is 14.4. The average Bonchev–Trinajstić information content (AvgIpc) is 2.85. The van der Waals surface area contributed by atoms with Gasteiger partial charge in [-0.1, -0.05) is 57.2 Å². The molecule has 3 N–H and O–H groups in total. The molecular weight excluding hydrogens is 487 g/mol. The van der Waals surface area contributed by atoms with Gasteiger partial charge in [-0.05, 0) is 48.4 Å². The highest BCUT2D eigenvalue weighted by atomic mass is 19.1. The minimum absolute atomic E-state index is 0.0636. The second-order valence-electron chi connectivity index (χ2n) is 10.9. The fraction of sp³-hybridized carbons (Fsp3) is 0.448. The third-order valence-electron chi connectivity index (χ3n) is 6.27. The van der Waals surface area contributed by atoms with E-state index >= 15 is 0 Å². The molecule has 0 unspecified atom stereocenters. The van der Waals surface area contributed by atoms with Crippen molar-refractivity contribution >= 4 is 23.6 Å². The average molecular weight is 525 g/mol. The van der Waals surface area contributed by atoms with Gasteiger partial charge in [0.05, 0.1) is 18.2 Å². The molecule has 0 aliphatic carbocycles. The molecule has 2 bridgehead atoms. The van der Waals surface area contributed by atoms with Crippen molar-refractivity contribution < 1.29 is 23.6 Å². The Balaban J connectivity index is 1.94. The molecule has 2 aromatic carbocycles. The topological polar surface area (TPSA) is 108 Å². The molecule has 2 aromatic rings. The maximum absolute atomic E-state index is 14.4. The summed E-state index contributed by atoms with van der Waals surface area (Å²) in [5, 5.41) is 8.34. The van der Waals surface area contributed by atoms with Gasteiger partial charge >= 0.3 is 0 Å². The Morgan fingerprint density at radius 1 is 1.05 bits per heavy atom. The van der Waals surface area contributed by atoms with Crippen molar-refractivity contribution in [3.63, 3.8) is 0 Å². The van der Waals surface area contributed by atoms with Crippen LogP contribution in [0, 0.1) is 11.2 Å². The molecule has 0 spiro atoms. The highest BCUT2D eigenvalue weighted by Crippen LogP contribution is 2.22. The minimum atomic E-state index is -0.977. The summed E-state index contributed by atoms with van der Waals surface area (Å²) in [6.45, 7) is 7.63. The van der Waals surface area contributed by atoms with Gasteiger partial charge in [-0.25, -0.2) is 4.39 Å². The summed E-state index contributed by atoms with van der Waals surface area (Å²) in [6, 6.07) is 11.8. The first-order valence-electron chi connectivity index (χ1n) is 12.9. The van der Waals surface area contributed by atoms with Crippen LogP contribution in [0.4, 0.5) is 4.39 Å². The molecular formula is C29H37FN4O4. The van der Waals surface area contributed by atoms with Crippen LogP contribution in [0.1, 0.15) is 68.1 Å². The normalized spacial score (nSPS) is 20.1. The van der Waals surface area contributed by atoms with Crippen LogP contribution in [0.2, 0.25) is 0 Å². The fourth-order valence-corrected chi connectivity index (χ4v) is 4.25. The molecule has 0 saturated heterocycles. The van der Waals surface area contributed by atoms with Crippen molar-refractivity contribution in [2.75, 3.05) is 19.6 Å². The molecule has 0 aromatic heterocycles. The lowest BCUT2D eigenvalue weighted by Crippen LogP contribution is -2.50. The summed E-state index contributed by atoms with van der Waals surface area (Å²) in [5.74, 6) is -2.38. The molecule has 8 nitrogen and oxygen atoms in total. The zero-order chi connectivity index (χ0) is 27.9. The molecule has 0 fully saturated rings. The van der Waals surface area contributed by atoms with Gasteiger partial charge in [0.1, 0.15) is 11.9 Å². The number of halogens is 1. The van der Waals surface area contributed by atoms with Crippen molar-refractivity contribution in [3.8, 4) is 0 Å². The lowest BCUT2D eigenvalue weighted by molar-refractivity contribution is -0.138. The lowest BCUT2D eigenvalue weighted by Gasteiger charge is -2.31. The molecule has 1 aliphatic heterocycles. The van der Waals surface area contributed by atoms with E-state index in [1.165, 1.54) is 24.0 Å². The molecule has 9 heteroatoms. The third kappa shape index (κ3) is 8.39. The number of amides is 4. The van der Waals surface area contributed by atoms with Crippen molar-refractivity contribution in [2.45, 2.75) is 59.0 Å². The summed E-state index contributed by atoms with van der Waals surface area (Å²) >= 11 is 0. The first-order chi connectivity index (χ1) is 17.9. The van der Waals surface area contributed by atoms with Crippen LogP contribution in [0.25, 0.3) is 0 Å². The van der Waals surface area contributed by atoms with Crippen LogP contribution < -0.4 is 16.0 Å². The summed E-state index contributed by atoms with van der Waals surface area (Å²) in [4.78, 5) is 53.6. The number of carbonyl (C=O) groups excluding carboxylic acids is 4. The first-order valence-corrected chi connectivity index (χ1v) is 12.9. The highest BCUT2D eigenvalue weighted by molar-refractivity contribution is 5.97. The smallest absolute Gasteiger partial charge is 0.254 e. The van der Waals surface area contributed by atoms with Gasteiger partial charge in [-0.15, -0.1) is 0 Å². The predicted octanol–water partition coefficient (Wildman–Crippen LogP) is 3.13. The number of nitrogens with zero attached hydrogens (tertiary/aromatic N) is 1. The monoisotopic (exact) mass is 524 g/mol. The number of carbonyl (C=O) groups is 4. The number of hydrogen-bond donors (Lipinski definition) is 3. The van der Waals surface area contributed by atoms with Crippen LogP contribution in [0.3, 0.4) is 0 Å². The number of rotatable bonds is 2. The molecule has 204 valence electrons. The minimum Gasteiger partial charge on any atom is -0.355 e. The zero-order valence-electron chi connectivity index (χ0n) is 22.5. The summed E-state index contributed by atoms with van der Waals surface area (Å²) in [5.41, 5.74) is 1.03. The van der Waals surface area contributed by atoms with Crippen molar-refractivity contribution in [1.29, 1.82) is 0 Å². The van der Waals surface area contributed by atoms with Gasteiger partial charge in [-0.2, -0.15) is 0 Å². The van der Waals surface area contributed by atoms with Gasteiger partial charge in [0, 0.05) is 19.5 Å². The number of nitrogens with one attached hydrogen (secondary N) is 3. The molecule has 0 radical (unpaired) electrons. The highest BCUT2D eigenvalue weighted by Gasteiger charge is 2.28. The number of benzene rings is 2. The van der Waals surface area contributed by atoms with Crippen LogP contribution in [-0.4, -0.2) is 54.2 Å². The van der Waals surface area contributed by atoms with Gasteiger partial charge < -0.3 is 20.9 Å². The second-order valence-corrected chi connectivity index (χ2v) is 10.9. The van der Waals surface area contributed by atoms with Crippen molar-refractivity contribution in [2.24, 2.45) is 5.41 Å². The standard InChI is InChI=1S/C29H37FN4O4/c1-19-27(37)33-24(21-10-6-5-7-11-21)17-34(26(36)16-29(2,3)4)18-25(35)31-14-8-9-20-12-13-23(30)22(15-20)28(38)32-19/h5-7,10-13,15,19,24H,8-9,14,16-18H2,1-4H3,(H,31,35)(H,32,38)(H,33,37)/t19-,24-/m1/s1. The fourth-order valence-electron chi connectivity index (χ4n) is 4.25. The van der Waals surface area contributed by atoms with Crippen molar-refractivity contribution in [1.82, 2.24) is 20.9 Å². The van der Waals surface area contributed by atoms with Crippen LogP contribution in [0.5, 0.6) is 0 Å². The van der Waals surface area contributed by atoms with Crippen LogP contribution in [-0.2, 0) is 20.8 Å². The van der Waals surface area contributed by atoms with E-state index in [1.807, 2.05) is 51.1 Å². The van der Waals surface area contributed by atoms with Gasteiger partial charge in [-0.3, -0.25) is 19.2 Å². The predicted molar refractivity (Wildman–Crippen MR) is 143 cm³/mol. The van der Waals surface area contributed by atoms with E-state index in [0.717, 1.165) is 11.1 Å². The van der Waals surface area contributed by atoms with Gasteiger partial charge in [0.25, 0.3) is 5.91 Å². The molecule has 4 amide bonds. The third-order valence-corrected chi connectivity index (χ3v) is 6.27. The molecule has 1 aliphatic rings. The molecule has 3 rings (SSSR count). The summed E-state index contributed by atoms with van der Waals surface area (Å²) in [6.07, 6.45) is 1.31. The Labute approximate surface area is 223 Å². The van der Waals surface area contributed by atoms with Crippen LogP contribution in [0.15, 0.2) is 48.5 Å². The van der Waals surface area contributed by atoms with E-state index in [9.17, 15) is 23.6 Å². The van der Waals surface area contributed by atoms with Crippen LogP contribution >= 0.6 is 0 Å². The van der Waals surface area contributed by atoms with Gasteiger partial charge in [0.2, 0.25) is 17.7 Å². The summed E-state index contributed by atoms with van der Waals surface area (Å²) < 4.78 is 14.4. The lowest BCUT2D eigenvalue weighted by atomic mass is 9.91. The number of aryl methyl sites for hydroxylation is 1. The Morgan fingerprint density at radius 2 is 1.76 bits per heavy atom. The molecule has 1 heterocycles. The molecule has 0 saturated carbocycles. The number of hydrogen-bond acceptors (Lipinski definition) is 4. The quantitative estimate of drug-likeness (QED) is 0.561. The van der Waals surface area contributed by atoms with Gasteiger partial charge in [0.15, 0.2) is 0 Å². The Bertz CT molecular complexity index is 1160. The van der Waals surface area contributed by atoms with E-state index in [0.29, 0.717) is 19.4 Å². The van der Waals surface area contributed by atoms with E-state index in [-0.39, 0.29) is 42.3 Å².